The molecule has 5 nitrogen and oxygen atoms in total. The summed E-state index contributed by atoms with van der Waals surface area (Å²) in [6, 6.07) is 93.2. The third kappa shape index (κ3) is 13.3. The minimum atomic E-state index is -1.03. The van der Waals surface area contributed by atoms with Crippen LogP contribution < -0.4 is 26.2 Å². The Balaban J connectivity index is 0.911. The summed E-state index contributed by atoms with van der Waals surface area (Å²) >= 11 is 0. The molecule has 0 fully saturated rings. The van der Waals surface area contributed by atoms with Crippen LogP contribution in [0.2, 0.25) is 0 Å². The van der Waals surface area contributed by atoms with E-state index < -0.39 is 173 Å². The van der Waals surface area contributed by atoms with Crippen molar-refractivity contribution < 1.29 is 31.5 Å². The van der Waals surface area contributed by atoms with E-state index in [1.807, 2.05) is 158 Å². The largest absolute Gasteiger partial charge is 0.310 e. The van der Waals surface area contributed by atoms with Gasteiger partial charge in [0.2, 0.25) is 0 Å². The molecule has 134 heavy (non-hydrogen) atoms. The molecule has 0 aliphatic carbocycles. The average Bonchev–Trinajstić information content (AvgIpc) is 1.67. The minimum absolute atomic E-state index is 0.0817. The summed E-state index contributed by atoms with van der Waals surface area (Å²) in [6.45, 7) is 12.0. The van der Waals surface area contributed by atoms with Crippen LogP contribution in [-0.4, -0.2) is 20.4 Å². The molecule has 0 N–H and O–H groups in total. The third-order valence-electron chi connectivity index (χ3n) is 26.6. The van der Waals surface area contributed by atoms with Gasteiger partial charge in [-0.2, -0.15) is 0 Å². The van der Waals surface area contributed by atoms with E-state index in [0.717, 1.165) is 105 Å². The first-order chi connectivity index (χ1) is 75.3. The predicted molar refractivity (Wildman–Crippen MR) is 570 cm³/mol. The SMILES string of the molecule is [2H]c1c([2H])c([2H])c2c(c1[2H])c1c([2H])c([2H])c([2H])c([2H])c1n2-c1cc2c3c(c1)N(c1c(-c4ccccc4)cc(C(C)(C)C)cc1-c1ccccc1)c1cc(-n4c5c([2H])c([2H])c([2H])c([2H])c5c5c([2H])c(-n6c7c([2H])c([2H])c([2H])c([2H])c7c7c([2H])c([2H])c([2H])c([2H])c76)c([2H])c([2H])c54)ccc1B3c1cc(-c3cc(-c4ccccc4)cc(-c4ccccc4)c3)ccc1N2c1c(-c2cccc(-c3ccccc3)c2)cc(C(C)(C)C)cc1-c1cccc(-c2ccccc2)c1. The second-order valence-electron chi connectivity index (χ2n) is 36.6. The van der Waals surface area contributed by atoms with E-state index in [4.69, 9.17) is 2.74 Å². The molecule has 20 aromatic carbocycles. The van der Waals surface area contributed by atoms with Crippen LogP contribution in [0.25, 0.3) is 183 Å². The van der Waals surface area contributed by atoms with Gasteiger partial charge in [-0.1, -0.05) is 369 Å². The predicted octanol–water partition coefficient (Wildman–Crippen LogP) is 32.7. The van der Waals surface area contributed by atoms with E-state index >= 15 is 0 Å². The maximum atomic E-state index is 11.0. The second kappa shape index (κ2) is 31.7. The molecule has 3 aromatic heterocycles. The molecular formula is C128H94BN5. The minimum Gasteiger partial charge on any atom is -0.310 e. The molecule has 0 spiro atoms. The lowest BCUT2D eigenvalue weighted by molar-refractivity contribution is 0.590. The number of hydrogen-bond donors (Lipinski definition) is 0. The Morgan fingerprint density at radius 2 is 0.530 bits per heavy atom. The first-order valence-corrected chi connectivity index (χ1v) is 45.0. The van der Waals surface area contributed by atoms with Crippen LogP contribution in [-0.2, 0) is 10.8 Å². The number of benzene rings is 20. The molecule has 23 aromatic rings. The average molecular weight is 1740 g/mol. The Hall–Kier alpha value is -16.5. The third-order valence-corrected chi connectivity index (χ3v) is 26.6. The first-order valence-electron chi connectivity index (χ1n) is 56.5. The molecule has 0 unspecified atom stereocenters. The number of hydrogen-bond acceptors (Lipinski definition) is 2. The number of rotatable bonds is 14. The zero-order chi connectivity index (χ0) is 110. The van der Waals surface area contributed by atoms with Gasteiger partial charge in [-0.3, -0.25) is 0 Å². The monoisotopic (exact) mass is 1730 g/mol. The van der Waals surface area contributed by atoms with Gasteiger partial charge in [0, 0.05) is 88.7 Å². The molecule has 0 saturated heterocycles. The number of aromatic nitrogens is 3. The molecule has 0 saturated carbocycles. The van der Waals surface area contributed by atoms with Crippen LogP contribution in [0.5, 0.6) is 0 Å². The van der Waals surface area contributed by atoms with Crippen molar-refractivity contribution in [2.24, 2.45) is 0 Å². The maximum Gasteiger partial charge on any atom is 0.252 e. The van der Waals surface area contributed by atoms with Crippen molar-refractivity contribution in [3.63, 3.8) is 0 Å². The normalized spacial score (nSPS) is 14.9. The van der Waals surface area contributed by atoms with Crippen molar-refractivity contribution in [3.05, 3.63) is 472 Å². The Morgan fingerprint density at radius 1 is 0.216 bits per heavy atom. The lowest BCUT2D eigenvalue weighted by atomic mass is 9.33. The van der Waals surface area contributed by atoms with Crippen LogP contribution in [0.1, 0.15) is 84.2 Å². The number of fused-ring (bicyclic) bond motifs is 13. The molecule has 0 bridgehead atoms. The Morgan fingerprint density at radius 3 is 0.948 bits per heavy atom. The van der Waals surface area contributed by atoms with Gasteiger partial charge in [0.05, 0.1) is 81.7 Å². The summed E-state index contributed by atoms with van der Waals surface area (Å²) in [4.78, 5) is 4.48. The van der Waals surface area contributed by atoms with E-state index in [2.05, 4.69) is 209 Å². The molecular weight excluding hydrogens is 1620 g/mol. The lowest BCUT2D eigenvalue weighted by Crippen LogP contribution is -2.61. The van der Waals surface area contributed by atoms with E-state index in [-0.39, 0.29) is 65.8 Å². The smallest absolute Gasteiger partial charge is 0.252 e. The van der Waals surface area contributed by atoms with Crippen LogP contribution in [0.15, 0.2) is 460 Å². The van der Waals surface area contributed by atoms with Gasteiger partial charge in [-0.15, -0.1) is 0 Å². The van der Waals surface area contributed by atoms with Gasteiger partial charge in [-0.25, -0.2) is 0 Å². The van der Waals surface area contributed by atoms with Gasteiger partial charge < -0.3 is 23.5 Å². The molecule has 0 atom stereocenters. The first kappa shape index (κ1) is 58.9. The summed E-state index contributed by atoms with van der Waals surface area (Å²) in [5.41, 5.74) is 18.3. The van der Waals surface area contributed by atoms with Crippen LogP contribution in [0, 0.1) is 0 Å². The molecule has 6 heteroatoms. The van der Waals surface area contributed by atoms with Crippen molar-refractivity contribution in [2.45, 2.75) is 52.4 Å². The lowest BCUT2D eigenvalue weighted by Gasteiger charge is -2.46. The van der Waals surface area contributed by atoms with Crippen molar-refractivity contribution >= 4 is 123 Å². The molecule has 2 aliphatic heterocycles. The van der Waals surface area contributed by atoms with Crippen molar-refractivity contribution in [1.82, 2.24) is 13.7 Å². The summed E-state index contributed by atoms with van der Waals surface area (Å²) in [5.74, 6) is 0. The van der Waals surface area contributed by atoms with E-state index in [1.54, 1.807) is 10.6 Å². The zero-order valence-electron chi connectivity index (χ0n) is 96.9. The summed E-state index contributed by atoms with van der Waals surface area (Å²) < 4.78 is 232. The molecule has 634 valence electrons. The summed E-state index contributed by atoms with van der Waals surface area (Å²) in [6.07, 6.45) is 0. The Bertz CT molecular complexity index is 9760. The van der Waals surface area contributed by atoms with Crippen molar-refractivity contribution in [2.75, 3.05) is 9.80 Å². The summed E-state index contributed by atoms with van der Waals surface area (Å²) in [7, 11) is 0. The fraction of sp³-hybridized carbons (Fsp3) is 0.0625. The fourth-order valence-corrected chi connectivity index (χ4v) is 20.2. The van der Waals surface area contributed by atoms with Gasteiger partial charge in [0.15, 0.2) is 0 Å². The van der Waals surface area contributed by atoms with Gasteiger partial charge >= 0.3 is 0 Å². The van der Waals surface area contributed by atoms with E-state index in [9.17, 15) is 28.8 Å². The highest BCUT2D eigenvalue weighted by Crippen LogP contribution is 2.57. The van der Waals surface area contributed by atoms with Gasteiger partial charge in [0.25, 0.3) is 6.71 Å². The van der Waals surface area contributed by atoms with Crippen molar-refractivity contribution in [1.29, 1.82) is 0 Å². The van der Waals surface area contributed by atoms with Gasteiger partial charge in [-0.05, 0) is 250 Å². The highest BCUT2D eigenvalue weighted by atomic mass is 15.2. The molecule has 5 heterocycles. The molecule has 2 aliphatic rings. The van der Waals surface area contributed by atoms with Crippen LogP contribution in [0.4, 0.5) is 34.1 Å². The van der Waals surface area contributed by atoms with E-state index in [1.165, 1.54) is 4.57 Å². The van der Waals surface area contributed by atoms with Crippen LogP contribution >= 0.6 is 0 Å². The Labute approximate surface area is 814 Å². The number of nitrogens with zero attached hydrogens (tertiary/aromatic N) is 5. The van der Waals surface area contributed by atoms with Crippen molar-refractivity contribution in [3.8, 4) is 117 Å². The van der Waals surface area contributed by atoms with Gasteiger partial charge in [0.1, 0.15) is 0 Å². The quantitative estimate of drug-likeness (QED) is 0.101. The number of para-hydroxylation sites is 5. The number of anilines is 6. The topological polar surface area (TPSA) is 21.3 Å². The zero-order valence-corrected chi connectivity index (χ0v) is 73.9. The standard InChI is InChI=1S/C128H94BN5/c1-127(2,3)97-75-107(87-45-21-11-22-46-87)125(108(76-97)88-47-23-12-24-48-88)134-121-80-100(131-118-62-34-29-57-106(118)111-79-99(65-68-119(111)131)130-114-58-30-25-53-102(114)103-54-26-31-59-115(103)130)64-66-112(121)129-113-74-91(96-72-94(85-41-17-9-18-42-85)71-95(73-96)86-43-19-10-20-44-86)63-67-120(113)133(122-81-101(82-123(134)124(122)129)132-116-60-32-27-55-104(116)105-56-28-33-61-117(105)132)126-109(92-51-35-49-89(69-92)83-37-13-7-14-38-83)77-98(128(4,5)6)78-110(126)93-52-36-50-90(70-93)84-39-15-8-16-40-84/h7-82H,1-6H3/i25D,26D,27D,28D,29D,30D,31D,32D,33D,34D,53D,54D,55D,56D,57D,58D,59D,60D,61D,62D,65D,68D,79D. The summed E-state index contributed by atoms with van der Waals surface area (Å²) in [5, 5.41) is -1.81. The second-order valence-corrected chi connectivity index (χ2v) is 36.6. The highest BCUT2D eigenvalue weighted by Gasteiger charge is 2.47. The maximum absolute atomic E-state index is 11.0. The molecule has 25 rings (SSSR count). The Kier molecular flexibility index (Phi) is 13.9. The van der Waals surface area contributed by atoms with Crippen LogP contribution in [0.3, 0.4) is 0 Å². The van der Waals surface area contributed by atoms with E-state index in [0.29, 0.717) is 61.6 Å². The molecule has 0 amide bonds. The fourth-order valence-electron chi connectivity index (χ4n) is 20.2. The highest BCUT2D eigenvalue weighted by molar-refractivity contribution is 7.00. The molecule has 0 radical (unpaired) electrons.